The Hall–Kier alpha value is -3.54. The number of halogens is 1. The molecule has 9 heteroatoms. The summed E-state index contributed by atoms with van der Waals surface area (Å²) in [5, 5.41) is 13.3. The minimum atomic E-state index is 0. The van der Waals surface area contributed by atoms with Crippen molar-refractivity contribution in [3.8, 4) is 11.8 Å². The van der Waals surface area contributed by atoms with E-state index in [1.807, 2.05) is 12.4 Å². The highest BCUT2D eigenvalue weighted by Gasteiger charge is 2.18. The molecule has 1 fully saturated rings. The van der Waals surface area contributed by atoms with E-state index in [9.17, 15) is 5.26 Å². The monoisotopic (exact) mass is 478 g/mol. The maximum atomic E-state index is 9.20. The lowest BCUT2D eigenvalue weighted by molar-refractivity contribution is 0.417. The first-order chi connectivity index (χ1) is 15.7. The summed E-state index contributed by atoms with van der Waals surface area (Å²) in [5.41, 5.74) is 4.68. The van der Waals surface area contributed by atoms with Crippen LogP contribution in [0, 0.1) is 11.3 Å². The fourth-order valence-electron chi connectivity index (χ4n) is 3.93. The normalized spacial score (nSPS) is 13.3. The van der Waals surface area contributed by atoms with E-state index in [2.05, 4.69) is 56.5 Å². The zero-order chi connectivity index (χ0) is 21.9. The van der Waals surface area contributed by atoms with Gasteiger partial charge in [-0.25, -0.2) is 4.98 Å². The summed E-state index contributed by atoms with van der Waals surface area (Å²) in [7, 11) is 1.62. The van der Waals surface area contributed by atoms with Crippen molar-refractivity contribution in [2.24, 2.45) is 0 Å². The molecule has 2 aromatic carbocycles. The van der Waals surface area contributed by atoms with Crippen molar-refractivity contribution in [1.29, 1.82) is 5.26 Å². The van der Waals surface area contributed by atoms with Gasteiger partial charge in [-0.3, -0.25) is 4.98 Å². The molecule has 1 saturated heterocycles. The van der Waals surface area contributed by atoms with Gasteiger partial charge in [-0.2, -0.15) is 5.26 Å². The topological polar surface area (TPSA) is 77.3 Å². The number of anilines is 4. The van der Waals surface area contributed by atoms with Gasteiger partial charge in [0.1, 0.15) is 5.75 Å². The molecule has 1 aliphatic heterocycles. The molecule has 4 aromatic rings. The Morgan fingerprint density at radius 1 is 0.970 bits per heavy atom. The van der Waals surface area contributed by atoms with Gasteiger partial charge in [0.05, 0.1) is 34.6 Å². The quantitative estimate of drug-likeness (QED) is 0.429. The summed E-state index contributed by atoms with van der Waals surface area (Å²) < 4.78 is 6.53. The molecule has 0 aliphatic carbocycles. The lowest BCUT2D eigenvalue weighted by Gasteiger charge is -2.37. The van der Waals surface area contributed by atoms with Crippen molar-refractivity contribution < 1.29 is 4.74 Å². The van der Waals surface area contributed by atoms with Gasteiger partial charge in [0, 0.05) is 49.9 Å². The summed E-state index contributed by atoms with van der Waals surface area (Å²) in [6.07, 6.45) is 3.69. The maximum absolute atomic E-state index is 9.20. The Kier molecular flexibility index (Phi) is 6.82. The van der Waals surface area contributed by atoms with Gasteiger partial charge in [-0.05, 0) is 48.5 Å². The molecule has 168 valence electrons. The van der Waals surface area contributed by atoms with Crippen LogP contribution in [0.5, 0.6) is 5.75 Å². The number of benzene rings is 2. The molecule has 0 unspecified atom stereocenters. The molecule has 0 atom stereocenters. The summed E-state index contributed by atoms with van der Waals surface area (Å²) in [4.78, 5) is 13.7. The second kappa shape index (κ2) is 9.94. The first kappa shape index (κ1) is 22.6. The number of fused-ring (bicyclic) bond motifs is 1. The van der Waals surface area contributed by atoms with Crippen molar-refractivity contribution in [2.45, 2.75) is 0 Å². The molecule has 7 nitrogen and oxygen atoms in total. The summed E-state index contributed by atoms with van der Waals surface area (Å²) in [6.45, 7) is 3.87. The molecular weight excluding hydrogens is 456 g/mol. The number of hydrogen-bond donors (Lipinski definition) is 1. The average molecular weight is 479 g/mol. The molecule has 0 bridgehead atoms. The highest BCUT2D eigenvalue weighted by atomic mass is 35.5. The highest BCUT2D eigenvalue weighted by Crippen LogP contribution is 2.34. The van der Waals surface area contributed by atoms with E-state index in [1.54, 1.807) is 36.6 Å². The van der Waals surface area contributed by atoms with Crippen LogP contribution in [0.25, 0.3) is 10.2 Å². The van der Waals surface area contributed by atoms with Gasteiger partial charge < -0.3 is 19.9 Å². The minimum Gasteiger partial charge on any atom is -0.495 e. The number of aromatic nitrogens is 2. The number of pyridine rings is 1. The van der Waals surface area contributed by atoms with Crippen LogP contribution < -0.4 is 19.9 Å². The second-order valence-electron chi connectivity index (χ2n) is 7.50. The number of nitriles is 1. The van der Waals surface area contributed by atoms with Crippen molar-refractivity contribution in [2.75, 3.05) is 48.4 Å². The third kappa shape index (κ3) is 4.80. The first-order valence-corrected chi connectivity index (χ1v) is 11.2. The van der Waals surface area contributed by atoms with Crippen LogP contribution in [0.3, 0.4) is 0 Å². The number of ether oxygens (including phenoxy) is 1. The van der Waals surface area contributed by atoms with E-state index < -0.39 is 0 Å². The lowest BCUT2D eigenvalue weighted by atomic mass is 10.2. The molecule has 0 amide bonds. The van der Waals surface area contributed by atoms with Crippen molar-refractivity contribution in [3.63, 3.8) is 0 Å². The number of nitrogens with one attached hydrogen (secondary N) is 1. The zero-order valence-corrected chi connectivity index (χ0v) is 19.7. The molecule has 2 aromatic heterocycles. The highest BCUT2D eigenvalue weighted by molar-refractivity contribution is 7.22. The minimum absolute atomic E-state index is 0. The standard InChI is InChI=1S/C24H22N6OS.ClH/c1-31-22-4-2-17(16-25)14-20(22)27-24-28-21-15-19(3-5-23(21)32-24)30-12-10-29(11-13-30)18-6-8-26-9-7-18;/h2-9,14-15H,10-13H2,1H3,(H,27,28);1H. The van der Waals surface area contributed by atoms with E-state index in [0.717, 1.165) is 47.2 Å². The molecule has 1 N–H and O–H groups in total. The smallest absolute Gasteiger partial charge is 0.188 e. The van der Waals surface area contributed by atoms with Crippen LogP contribution >= 0.6 is 23.7 Å². The van der Waals surface area contributed by atoms with Crippen molar-refractivity contribution in [1.82, 2.24) is 9.97 Å². The third-order valence-electron chi connectivity index (χ3n) is 5.61. The van der Waals surface area contributed by atoms with Crippen LogP contribution in [-0.2, 0) is 0 Å². The number of nitrogens with zero attached hydrogens (tertiary/aromatic N) is 5. The van der Waals surface area contributed by atoms with E-state index in [4.69, 9.17) is 9.72 Å². The third-order valence-corrected chi connectivity index (χ3v) is 6.57. The Morgan fingerprint density at radius 2 is 1.70 bits per heavy atom. The number of methoxy groups -OCH3 is 1. The predicted molar refractivity (Wildman–Crippen MR) is 137 cm³/mol. The van der Waals surface area contributed by atoms with E-state index in [1.165, 1.54) is 11.4 Å². The van der Waals surface area contributed by atoms with E-state index in [0.29, 0.717) is 11.3 Å². The molecule has 1 aliphatic rings. The van der Waals surface area contributed by atoms with Gasteiger partial charge in [0.25, 0.3) is 0 Å². The van der Waals surface area contributed by atoms with Crippen LogP contribution in [-0.4, -0.2) is 43.3 Å². The average Bonchev–Trinajstić information content (AvgIpc) is 3.26. The van der Waals surface area contributed by atoms with E-state index in [-0.39, 0.29) is 12.4 Å². The number of piperazine rings is 1. The molecule has 0 spiro atoms. The molecule has 5 rings (SSSR count). The van der Waals surface area contributed by atoms with Gasteiger partial charge in [-0.1, -0.05) is 11.3 Å². The van der Waals surface area contributed by atoms with Crippen LogP contribution in [0.15, 0.2) is 60.9 Å². The summed E-state index contributed by atoms with van der Waals surface area (Å²) in [5.74, 6) is 0.677. The second-order valence-corrected chi connectivity index (χ2v) is 8.53. The van der Waals surface area contributed by atoms with Gasteiger partial charge in [-0.15, -0.1) is 12.4 Å². The predicted octanol–water partition coefficient (Wildman–Crippen LogP) is 5.06. The molecule has 3 heterocycles. The number of rotatable bonds is 5. The number of thiazole rings is 1. The van der Waals surface area contributed by atoms with Crippen LogP contribution in [0.2, 0.25) is 0 Å². The molecule has 0 saturated carbocycles. The van der Waals surface area contributed by atoms with E-state index >= 15 is 0 Å². The van der Waals surface area contributed by atoms with Crippen molar-refractivity contribution >= 4 is 56.2 Å². The molecule has 33 heavy (non-hydrogen) atoms. The first-order valence-electron chi connectivity index (χ1n) is 10.4. The van der Waals surface area contributed by atoms with Gasteiger partial charge in [0.2, 0.25) is 0 Å². The number of hydrogen-bond acceptors (Lipinski definition) is 8. The largest absolute Gasteiger partial charge is 0.495 e. The van der Waals surface area contributed by atoms with Crippen LogP contribution in [0.1, 0.15) is 5.56 Å². The Balaban J connectivity index is 0.00000259. The molecule has 0 radical (unpaired) electrons. The Morgan fingerprint density at radius 3 is 2.39 bits per heavy atom. The molecular formula is C24H23ClN6OS. The summed E-state index contributed by atoms with van der Waals surface area (Å²) in [6, 6.07) is 18.0. The lowest BCUT2D eigenvalue weighted by Crippen LogP contribution is -2.46. The van der Waals surface area contributed by atoms with Gasteiger partial charge in [0.15, 0.2) is 5.13 Å². The van der Waals surface area contributed by atoms with Crippen LogP contribution in [0.4, 0.5) is 22.2 Å². The van der Waals surface area contributed by atoms with Gasteiger partial charge >= 0.3 is 0 Å². The Labute approximate surface area is 202 Å². The zero-order valence-electron chi connectivity index (χ0n) is 18.1. The fourth-order valence-corrected chi connectivity index (χ4v) is 4.79. The summed E-state index contributed by atoms with van der Waals surface area (Å²) >= 11 is 1.58. The Bertz CT molecular complexity index is 1280. The van der Waals surface area contributed by atoms with Crippen molar-refractivity contribution in [3.05, 3.63) is 66.5 Å². The SMILES string of the molecule is COc1ccc(C#N)cc1Nc1nc2cc(N3CCN(c4ccncc4)CC3)ccc2s1.Cl. The fraction of sp³-hybridized carbons (Fsp3) is 0.208. The maximum Gasteiger partial charge on any atom is 0.188 e.